The van der Waals surface area contributed by atoms with Crippen LogP contribution in [0.4, 0.5) is 11.6 Å². The molecule has 0 fully saturated rings. The van der Waals surface area contributed by atoms with Crippen LogP contribution in [0.1, 0.15) is 33.5 Å². The van der Waals surface area contributed by atoms with Gasteiger partial charge in [-0.1, -0.05) is 13.8 Å². The molecule has 17 heavy (non-hydrogen) atoms. The molecule has 1 rings (SSSR count). The van der Waals surface area contributed by atoms with E-state index in [0.717, 1.165) is 5.82 Å². The Morgan fingerprint density at radius 1 is 1.35 bits per heavy atom. The predicted octanol–water partition coefficient (Wildman–Crippen LogP) is 2.05. The SMILES string of the molecule is CCOCc1nc(N)cc(NC(C)C(C)C)n1. The number of nitrogens with zero attached hydrogens (tertiary/aromatic N) is 2. The average Bonchev–Trinajstić information content (AvgIpc) is 2.25. The number of hydrogen-bond donors (Lipinski definition) is 2. The molecule has 0 aromatic carbocycles. The van der Waals surface area contributed by atoms with Gasteiger partial charge >= 0.3 is 0 Å². The van der Waals surface area contributed by atoms with E-state index in [0.29, 0.717) is 36.8 Å². The largest absolute Gasteiger partial charge is 0.384 e. The van der Waals surface area contributed by atoms with Crippen LogP contribution in [0.25, 0.3) is 0 Å². The van der Waals surface area contributed by atoms with Gasteiger partial charge in [0.05, 0.1) is 0 Å². The smallest absolute Gasteiger partial charge is 0.158 e. The van der Waals surface area contributed by atoms with E-state index in [9.17, 15) is 0 Å². The van der Waals surface area contributed by atoms with Crippen molar-refractivity contribution in [1.29, 1.82) is 0 Å². The number of nitrogen functional groups attached to an aromatic ring is 1. The Hall–Kier alpha value is -1.36. The molecule has 5 heteroatoms. The maximum absolute atomic E-state index is 5.74. The first-order chi connectivity index (χ1) is 8.02. The Morgan fingerprint density at radius 2 is 2.06 bits per heavy atom. The molecule has 0 saturated carbocycles. The van der Waals surface area contributed by atoms with Crippen LogP contribution < -0.4 is 11.1 Å². The van der Waals surface area contributed by atoms with Gasteiger partial charge in [-0.2, -0.15) is 0 Å². The van der Waals surface area contributed by atoms with Crippen molar-refractivity contribution in [2.24, 2.45) is 5.92 Å². The van der Waals surface area contributed by atoms with Gasteiger partial charge in [0.1, 0.15) is 18.2 Å². The minimum atomic E-state index is 0.337. The number of anilines is 2. The maximum atomic E-state index is 5.74. The summed E-state index contributed by atoms with van der Waals surface area (Å²) in [6.07, 6.45) is 0. The summed E-state index contributed by atoms with van der Waals surface area (Å²) in [6, 6.07) is 2.08. The molecule has 0 aliphatic rings. The Labute approximate surface area is 103 Å². The van der Waals surface area contributed by atoms with Crippen molar-refractivity contribution in [3.05, 3.63) is 11.9 Å². The monoisotopic (exact) mass is 238 g/mol. The van der Waals surface area contributed by atoms with Gasteiger partial charge in [0.2, 0.25) is 0 Å². The minimum Gasteiger partial charge on any atom is -0.384 e. The second-order valence-electron chi connectivity index (χ2n) is 4.41. The van der Waals surface area contributed by atoms with E-state index in [4.69, 9.17) is 10.5 Å². The van der Waals surface area contributed by atoms with Gasteiger partial charge in [0, 0.05) is 18.7 Å². The Kier molecular flexibility index (Phi) is 5.15. The highest BCUT2D eigenvalue weighted by Crippen LogP contribution is 2.13. The fourth-order valence-electron chi connectivity index (χ4n) is 1.25. The van der Waals surface area contributed by atoms with Crippen molar-refractivity contribution in [2.45, 2.75) is 40.3 Å². The molecule has 1 aromatic heterocycles. The van der Waals surface area contributed by atoms with Crippen LogP contribution in [-0.2, 0) is 11.3 Å². The van der Waals surface area contributed by atoms with Crippen molar-refractivity contribution in [3.8, 4) is 0 Å². The minimum absolute atomic E-state index is 0.337. The second-order valence-corrected chi connectivity index (χ2v) is 4.41. The molecule has 0 aliphatic heterocycles. The Bertz CT molecular complexity index is 354. The van der Waals surface area contributed by atoms with Crippen LogP contribution in [0.2, 0.25) is 0 Å². The van der Waals surface area contributed by atoms with E-state index < -0.39 is 0 Å². The van der Waals surface area contributed by atoms with E-state index >= 15 is 0 Å². The normalized spacial score (nSPS) is 12.8. The van der Waals surface area contributed by atoms with Gasteiger partial charge in [-0.25, -0.2) is 9.97 Å². The van der Waals surface area contributed by atoms with Crippen molar-refractivity contribution < 1.29 is 4.74 Å². The molecular formula is C12H22N4O. The maximum Gasteiger partial charge on any atom is 0.158 e. The summed E-state index contributed by atoms with van der Waals surface area (Å²) in [7, 11) is 0. The molecule has 0 spiro atoms. The van der Waals surface area contributed by atoms with Crippen molar-refractivity contribution in [2.75, 3.05) is 17.7 Å². The number of hydrogen-bond acceptors (Lipinski definition) is 5. The molecule has 1 aromatic rings. The zero-order valence-corrected chi connectivity index (χ0v) is 11.0. The summed E-state index contributed by atoms with van der Waals surface area (Å²) < 4.78 is 5.27. The third-order valence-electron chi connectivity index (χ3n) is 2.60. The molecule has 0 radical (unpaired) electrons. The quantitative estimate of drug-likeness (QED) is 0.793. The summed E-state index contributed by atoms with van der Waals surface area (Å²) in [5.41, 5.74) is 5.74. The van der Waals surface area contributed by atoms with Gasteiger partial charge in [-0.05, 0) is 19.8 Å². The van der Waals surface area contributed by atoms with E-state index in [1.54, 1.807) is 6.07 Å². The molecule has 3 N–H and O–H groups in total. The number of nitrogens with one attached hydrogen (secondary N) is 1. The van der Waals surface area contributed by atoms with Crippen LogP contribution in [0.15, 0.2) is 6.07 Å². The first-order valence-electron chi connectivity index (χ1n) is 6.00. The number of aromatic nitrogens is 2. The molecule has 0 bridgehead atoms. The van der Waals surface area contributed by atoms with Crippen LogP contribution in [0, 0.1) is 5.92 Å². The lowest BCUT2D eigenvalue weighted by Crippen LogP contribution is -2.22. The van der Waals surface area contributed by atoms with Crippen LogP contribution in [-0.4, -0.2) is 22.6 Å². The van der Waals surface area contributed by atoms with Crippen LogP contribution >= 0.6 is 0 Å². The van der Waals surface area contributed by atoms with Crippen molar-refractivity contribution >= 4 is 11.6 Å². The van der Waals surface area contributed by atoms with Crippen molar-refractivity contribution in [1.82, 2.24) is 9.97 Å². The lowest BCUT2D eigenvalue weighted by atomic mass is 10.1. The number of rotatable bonds is 6. The summed E-state index contributed by atoms with van der Waals surface area (Å²) in [5, 5.41) is 3.31. The lowest BCUT2D eigenvalue weighted by Gasteiger charge is -2.18. The van der Waals surface area contributed by atoms with E-state index in [2.05, 4.69) is 36.1 Å². The highest BCUT2D eigenvalue weighted by Gasteiger charge is 2.09. The zero-order valence-electron chi connectivity index (χ0n) is 11.0. The first-order valence-corrected chi connectivity index (χ1v) is 6.00. The van der Waals surface area contributed by atoms with E-state index in [1.807, 2.05) is 6.92 Å². The standard InChI is InChI=1S/C12H22N4O/c1-5-17-7-12-15-10(13)6-11(16-12)14-9(4)8(2)3/h6,8-9H,5,7H2,1-4H3,(H3,13,14,15,16). The third-order valence-corrected chi connectivity index (χ3v) is 2.60. The van der Waals surface area contributed by atoms with Crippen molar-refractivity contribution in [3.63, 3.8) is 0 Å². The molecule has 1 unspecified atom stereocenters. The van der Waals surface area contributed by atoms with Crippen LogP contribution in [0.3, 0.4) is 0 Å². The summed E-state index contributed by atoms with van der Waals surface area (Å²) in [5.74, 6) is 2.37. The van der Waals surface area contributed by atoms with E-state index in [-0.39, 0.29) is 0 Å². The second kappa shape index (κ2) is 6.39. The fraction of sp³-hybridized carbons (Fsp3) is 0.667. The molecule has 1 heterocycles. The predicted molar refractivity (Wildman–Crippen MR) is 69.7 cm³/mol. The summed E-state index contributed by atoms with van der Waals surface area (Å²) in [6.45, 7) is 9.40. The first kappa shape index (κ1) is 13.7. The molecule has 0 amide bonds. The van der Waals surface area contributed by atoms with Gasteiger partial charge in [-0.15, -0.1) is 0 Å². The zero-order chi connectivity index (χ0) is 12.8. The summed E-state index contributed by atoms with van der Waals surface area (Å²) >= 11 is 0. The molecule has 0 aliphatic carbocycles. The summed E-state index contributed by atoms with van der Waals surface area (Å²) in [4.78, 5) is 8.49. The fourth-order valence-corrected chi connectivity index (χ4v) is 1.25. The Morgan fingerprint density at radius 3 is 2.65 bits per heavy atom. The molecule has 96 valence electrons. The average molecular weight is 238 g/mol. The van der Waals surface area contributed by atoms with Gasteiger partial charge in [0.15, 0.2) is 5.82 Å². The van der Waals surface area contributed by atoms with Gasteiger partial charge < -0.3 is 15.8 Å². The van der Waals surface area contributed by atoms with E-state index in [1.165, 1.54) is 0 Å². The number of ether oxygens (including phenoxy) is 1. The molecule has 1 atom stereocenters. The number of nitrogens with two attached hydrogens (primary N) is 1. The van der Waals surface area contributed by atoms with Gasteiger partial charge in [0.25, 0.3) is 0 Å². The molecular weight excluding hydrogens is 216 g/mol. The molecule has 0 saturated heterocycles. The highest BCUT2D eigenvalue weighted by atomic mass is 16.5. The Balaban J connectivity index is 2.74. The lowest BCUT2D eigenvalue weighted by molar-refractivity contribution is 0.128. The van der Waals surface area contributed by atoms with Gasteiger partial charge in [-0.3, -0.25) is 0 Å². The third kappa shape index (κ3) is 4.56. The highest BCUT2D eigenvalue weighted by molar-refractivity contribution is 5.45. The van der Waals surface area contributed by atoms with Crippen LogP contribution in [0.5, 0.6) is 0 Å². The molecule has 5 nitrogen and oxygen atoms in total. The topological polar surface area (TPSA) is 73.1 Å².